The van der Waals surface area contributed by atoms with Crippen LogP contribution in [0.25, 0.3) is 33.0 Å². The SMILES string of the molecule is O=C(O)c1cccc2cc3c(nc12)oc1ccccc13. The highest BCUT2D eigenvalue weighted by Crippen LogP contribution is 2.30. The first-order valence-corrected chi connectivity index (χ1v) is 6.18. The summed E-state index contributed by atoms with van der Waals surface area (Å²) >= 11 is 0. The third kappa shape index (κ3) is 1.42. The van der Waals surface area contributed by atoms with Crippen molar-refractivity contribution in [3.63, 3.8) is 0 Å². The molecule has 2 aromatic carbocycles. The molecule has 2 aromatic heterocycles. The third-order valence-corrected chi connectivity index (χ3v) is 3.43. The van der Waals surface area contributed by atoms with Gasteiger partial charge in [0.25, 0.3) is 0 Å². The molecule has 4 aromatic rings. The average molecular weight is 263 g/mol. The highest BCUT2D eigenvalue weighted by Gasteiger charge is 2.13. The number of para-hydroxylation sites is 2. The fraction of sp³-hybridized carbons (Fsp3) is 0. The second kappa shape index (κ2) is 3.81. The zero-order chi connectivity index (χ0) is 13.7. The van der Waals surface area contributed by atoms with Crippen LogP contribution >= 0.6 is 0 Å². The van der Waals surface area contributed by atoms with Crippen LogP contribution in [-0.4, -0.2) is 16.1 Å². The monoisotopic (exact) mass is 263 g/mol. The van der Waals surface area contributed by atoms with Crippen LogP contribution in [-0.2, 0) is 0 Å². The van der Waals surface area contributed by atoms with Gasteiger partial charge in [-0.05, 0) is 18.2 Å². The van der Waals surface area contributed by atoms with Gasteiger partial charge in [-0.15, -0.1) is 0 Å². The molecule has 96 valence electrons. The lowest BCUT2D eigenvalue weighted by molar-refractivity contribution is 0.0699. The number of pyridine rings is 1. The largest absolute Gasteiger partial charge is 0.478 e. The second-order valence-electron chi connectivity index (χ2n) is 4.62. The summed E-state index contributed by atoms with van der Waals surface area (Å²) < 4.78 is 5.69. The van der Waals surface area contributed by atoms with E-state index in [-0.39, 0.29) is 5.56 Å². The molecule has 0 saturated heterocycles. The topological polar surface area (TPSA) is 63.3 Å². The van der Waals surface area contributed by atoms with Crippen molar-refractivity contribution in [2.45, 2.75) is 0 Å². The quantitative estimate of drug-likeness (QED) is 0.566. The molecule has 0 aliphatic heterocycles. The van der Waals surface area contributed by atoms with Gasteiger partial charge in [0.1, 0.15) is 5.58 Å². The first kappa shape index (κ1) is 11.0. The van der Waals surface area contributed by atoms with Gasteiger partial charge in [0.2, 0.25) is 5.71 Å². The molecule has 0 saturated carbocycles. The molecule has 2 heterocycles. The molecule has 1 N–H and O–H groups in total. The molecule has 4 heteroatoms. The van der Waals surface area contributed by atoms with Crippen LogP contribution in [0.15, 0.2) is 52.9 Å². The predicted molar refractivity (Wildman–Crippen MR) is 76.0 cm³/mol. The van der Waals surface area contributed by atoms with E-state index in [9.17, 15) is 9.90 Å². The van der Waals surface area contributed by atoms with Gasteiger partial charge in [-0.2, -0.15) is 0 Å². The predicted octanol–water partition coefficient (Wildman–Crippen LogP) is 3.83. The summed E-state index contributed by atoms with van der Waals surface area (Å²) in [5.74, 6) is -0.987. The summed E-state index contributed by atoms with van der Waals surface area (Å²) in [6.45, 7) is 0. The summed E-state index contributed by atoms with van der Waals surface area (Å²) in [5.41, 5.74) is 1.85. The Morgan fingerprint density at radius 2 is 1.90 bits per heavy atom. The zero-order valence-electron chi connectivity index (χ0n) is 10.3. The standard InChI is InChI=1S/C16H9NO3/c18-16(19)11-6-3-4-9-8-12-10-5-1-2-7-13(10)20-15(12)17-14(9)11/h1-8H,(H,18,19). The van der Waals surface area contributed by atoms with Crippen LogP contribution in [0.3, 0.4) is 0 Å². The van der Waals surface area contributed by atoms with E-state index in [0.717, 1.165) is 21.7 Å². The van der Waals surface area contributed by atoms with Crippen molar-refractivity contribution in [2.24, 2.45) is 0 Å². The number of rotatable bonds is 1. The van der Waals surface area contributed by atoms with E-state index < -0.39 is 5.97 Å². The highest BCUT2D eigenvalue weighted by molar-refractivity contribution is 6.10. The molecule has 0 fully saturated rings. The van der Waals surface area contributed by atoms with Crippen molar-refractivity contribution >= 4 is 38.9 Å². The first-order valence-electron chi connectivity index (χ1n) is 6.18. The number of nitrogens with zero attached hydrogens (tertiary/aromatic N) is 1. The van der Waals surface area contributed by atoms with Gasteiger partial charge in [-0.3, -0.25) is 0 Å². The number of aromatic carboxylic acids is 1. The Morgan fingerprint density at radius 3 is 2.75 bits per heavy atom. The van der Waals surface area contributed by atoms with Crippen molar-refractivity contribution in [3.05, 3.63) is 54.1 Å². The normalized spacial score (nSPS) is 11.4. The number of hydrogen-bond donors (Lipinski definition) is 1. The number of hydrogen-bond acceptors (Lipinski definition) is 3. The molecule has 0 aliphatic carbocycles. The van der Waals surface area contributed by atoms with Gasteiger partial charge in [0, 0.05) is 16.2 Å². The maximum Gasteiger partial charge on any atom is 0.337 e. The van der Waals surface area contributed by atoms with E-state index in [2.05, 4.69) is 4.98 Å². The molecule has 0 amide bonds. The molecule has 4 nitrogen and oxygen atoms in total. The Hall–Kier alpha value is -2.88. The Morgan fingerprint density at radius 1 is 1.05 bits per heavy atom. The lowest BCUT2D eigenvalue weighted by Gasteiger charge is -2.01. The van der Waals surface area contributed by atoms with Gasteiger partial charge >= 0.3 is 5.97 Å². The van der Waals surface area contributed by atoms with Crippen LogP contribution < -0.4 is 0 Å². The highest BCUT2D eigenvalue weighted by atomic mass is 16.4. The van der Waals surface area contributed by atoms with Gasteiger partial charge < -0.3 is 9.52 Å². The van der Waals surface area contributed by atoms with E-state index in [1.54, 1.807) is 12.1 Å². The minimum absolute atomic E-state index is 0.185. The Kier molecular flexibility index (Phi) is 2.09. The summed E-state index contributed by atoms with van der Waals surface area (Å²) in [7, 11) is 0. The van der Waals surface area contributed by atoms with Gasteiger partial charge in [0.05, 0.1) is 11.1 Å². The molecule has 20 heavy (non-hydrogen) atoms. The molecule has 0 aliphatic rings. The second-order valence-corrected chi connectivity index (χ2v) is 4.62. The van der Waals surface area contributed by atoms with Crippen molar-refractivity contribution in [3.8, 4) is 0 Å². The maximum atomic E-state index is 11.3. The summed E-state index contributed by atoms with van der Waals surface area (Å²) in [4.78, 5) is 15.6. The van der Waals surface area contributed by atoms with Crippen LogP contribution in [0, 0.1) is 0 Å². The van der Waals surface area contributed by atoms with E-state index in [4.69, 9.17) is 4.42 Å². The van der Waals surface area contributed by atoms with E-state index in [0.29, 0.717) is 11.2 Å². The number of benzene rings is 2. The zero-order valence-corrected chi connectivity index (χ0v) is 10.3. The molecular formula is C16H9NO3. The van der Waals surface area contributed by atoms with E-state index in [1.165, 1.54) is 0 Å². The van der Waals surface area contributed by atoms with Crippen LogP contribution in [0.1, 0.15) is 10.4 Å². The lowest BCUT2D eigenvalue weighted by Crippen LogP contribution is -1.98. The van der Waals surface area contributed by atoms with Gasteiger partial charge in [-0.25, -0.2) is 9.78 Å². The third-order valence-electron chi connectivity index (χ3n) is 3.43. The van der Waals surface area contributed by atoms with Crippen LogP contribution in [0.2, 0.25) is 0 Å². The van der Waals surface area contributed by atoms with Crippen molar-refractivity contribution in [1.82, 2.24) is 4.98 Å². The van der Waals surface area contributed by atoms with Crippen LogP contribution in [0.5, 0.6) is 0 Å². The number of carboxylic acids is 1. The number of aromatic nitrogens is 1. The minimum atomic E-state index is -0.987. The Balaban J connectivity index is 2.21. The molecule has 0 spiro atoms. The first-order chi connectivity index (χ1) is 9.74. The van der Waals surface area contributed by atoms with Gasteiger partial charge in [0.15, 0.2) is 0 Å². The minimum Gasteiger partial charge on any atom is -0.478 e. The molecule has 0 unspecified atom stereocenters. The summed E-state index contributed by atoms with van der Waals surface area (Å²) in [5, 5.41) is 11.9. The summed E-state index contributed by atoms with van der Waals surface area (Å²) in [6, 6.07) is 14.7. The molecule has 0 bridgehead atoms. The number of carboxylic acid groups (broad SMARTS) is 1. The number of furan rings is 1. The van der Waals surface area contributed by atoms with Crippen molar-refractivity contribution in [1.29, 1.82) is 0 Å². The number of fused-ring (bicyclic) bond motifs is 4. The lowest BCUT2D eigenvalue weighted by atomic mass is 10.1. The summed E-state index contributed by atoms with van der Waals surface area (Å²) in [6.07, 6.45) is 0. The maximum absolute atomic E-state index is 11.3. The fourth-order valence-corrected chi connectivity index (χ4v) is 2.51. The van der Waals surface area contributed by atoms with E-state index >= 15 is 0 Å². The van der Waals surface area contributed by atoms with E-state index in [1.807, 2.05) is 36.4 Å². The van der Waals surface area contributed by atoms with Gasteiger partial charge in [-0.1, -0.05) is 30.3 Å². The van der Waals surface area contributed by atoms with Crippen molar-refractivity contribution < 1.29 is 14.3 Å². The van der Waals surface area contributed by atoms with Crippen LogP contribution in [0.4, 0.5) is 0 Å². The average Bonchev–Trinajstić information content (AvgIpc) is 2.81. The molecule has 0 atom stereocenters. The fourth-order valence-electron chi connectivity index (χ4n) is 2.51. The van der Waals surface area contributed by atoms with Crippen molar-refractivity contribution in [2.75, 3.05) is 0 Å². The molecular weight excluding hydrogens is 254 g/mol. The molecule has 0 radical (unpaired) electrons. The molecule has 4 rings (SSSR count). The number of carbonyl (C=O) groups is 1. The Labute approximate surface area is 113 Å². The Bertz CT molecular complexity index is 985. The smallest absolute Gasteiger partial charge is 0.337 e.